The van der Waals surface area contributed by atoms with Gasteiger partial charge in [0.05, 0.1) is 18.0 Å². The van der Waals surface area contributed by atoms with Gasteiger partial charge in [0.2, 0.25) is 10.0 Å². The number of pyridine rings is 1. The molecule has 2 N–H and O–H groups in total. The molecule has 1 aromatic carbocycles. The number of nitrogens with zero attached hydrogens (tertiary/aromatic N) is 1. The molecule has 1 atom stereocenters. The third-order valence-electron chi connectivity index (χ3n) is 3.06. The SMILES string of the molecule is C[C@@H](NC(=O)c1ccnc(Cl)c1)c1ccccc1NS(C)(=O)=O. The average Bonchev–Trinajstić information content (AvgIpc) is 2.46. The zero-order chi connectivity index (χ0) is 17.0. The number of sulfonamides is 1. The van der Waals surface area contributed by atoms with Crippen molar-refractivity contribution in [3.8, 4) is 0 Å². The fraction of sp³-hybridized carbons (Fsp3) is 0.200. The van der Waals surface area contributed by atoms with E-state index in [0.717, 1.165) is 6.26 Å². The highest BCUT2D eigenvalue weighted by molar-refractivity contribution is 7.92. The molecular formula is C15H16ClN3O3S. The van der Waals surface area contributed by atoms with Crippen molar-refractivity contribution >= 4 is 33.2 Å². The highest BCUT2D eigenvalue weighted by atomic mass is 35.5. The lowest BCUT2D eigenvalue weighted by Gasteiger charge is -2.18. The summed E-state index contributed by atoms with van der Waals surface area (Å²) in [4.78, 5) is 16.1. The molecule has 1 amide bonds. The Kier molecular flexibility index (Phi) is 5.23. The van der Waals surface area contributed by atoms with Crippen LogP contribution in [0.2, 0.25) is 5.15 Å². The molecule has 0 saturated heterocycles. The Labute approximate surface area is 139 Å². The van der Waals surface area contributed by atoms with E-state index in [1.807, 2.05) is 0 Å². The number of amides is 1. The largest absolute Gasteiger partial charge is 0.345 e. The predicted octanol–water partition coefficient (Wildman–Crippen LogP) is 2.60. The van der Waals surface area contributed by atoms with Gasteiger partial charge in [-0.25, -0.2) is 13.4 Å². The summed E-state index contributed by atoms with van der Waals surface area (Å²) >= 11 is 5.77. The maximum absolute atomic E-state index is 12.2. The van der Waals surface area contributed by atoms with E-state index < -0.39 is 16.1 Å². The summed E-state index contributed by atoms with van der Waals surface area (Å²) in [6, 6.07) is 9.49. The topological polar surface area (TPSA) is 88.2 Å². The summed E-state index contributed by atoms with van der Waals surface area (Å²) in [6.45, 7) is 1.77. The van der Waals surface area contributed by atoms with Crippen LogP contribution in [0.1, 0.15) is 28.9 Å². The third kappa shape index (κ3) is 4.94. The summed E-state index contributed by atoms with van der Waals surface area (Å²) < 4.78 is 25.3. The van der Waals surface area contributed by atoms with E-state index in [1.165, 1.54) is 12.3 Å². The highest BCUT2D eigenvalue weighted by Crippen LogP contribution is 2.23. The smallest absolute Gasteiger partial charge is 0.251 e. The molecule has 0 spiro atoms. The van der Waals surface area contributed by atoms with Crippen LogP contribution in [-0.4, -0.2) is 25.6 Å². The van der Waals surface area contributed by atoms with Crippen molar-refractivity contribution in [3.63, 3.8) is 0 Å². The molecule has 0 aliphatic carbocycles. The fourth-order valence-electron chi connectivity index (χ4n) is 2.07. The molecule has 1 heterocycles. The molecule has 0 aliphatic heterocycles. The maximum Gasteiger partial charge on any atom is 0.251 e. The number of benzene rings is 1. The first-order valence-electron chi connectivity index (χ1n) is 6.75. The Morgan fingerprint density at radius 1 is 1.26 bits per heavy atom. The molecule has 1 aromatic heterocycles. The number of hydrogen-bond donors (Lipinski definition) is 2. The van der Waals surface area contributed by atoms with Crippen molar-refractivity contribution in [2.24, 2.45) is 0 Å². The summed E-state index contributed by atoms with van der Waals surface area (Å²) in [5, 5.41) is 3.03. The Bertz CT molecular complexity index is 824. The monoisotopic (exact) mass is 353 g/mol. The van der Waals surface area contributed by atoms with E-state index in [9.17, 15) is 13.2 Å². The van der Waals surface area contributed by atoms with Gasteiger partial charge in [0, 0.05) is 11.8 Å². The number of para-hydroxylation sites is 1. The minimum atomic E-state index is -3.41. The molecule has 0 fully saturated rings. The van der Waals surface area contributed by atoms with Crippen LogP contribution < -0.4 is 10.0 Å². The lowest BCUT2D eigenvalue weighted by Crippen LogP contribution is -2.27. The Hall–Kier alpha value is -2.12. The van der Waals surface area contributed by atoms with E-state index in [4.69, 9.17) is 11.6 Å². The third-order valence-corrected chi connectivity index (χ3v) is 3.86. The second-order valence-corrected chi connectivity index (χ2v) is 7.16. The molecule has 23 heavy (non-hydrogen) atoms. The molecule has 0 aliphatic rings. The Morgan fingerprint density at radius 2 is 1.96 bits per heavy atom. The number of hydrogen-bond acceptors (Lipinski definition) is 4. The molecule has 0 unspecified atom stereocenters. The number of nitrogens with one attached hydrogen (secondary N) is 2. The van der Waals surface area contributed by atoms with Crippen molar-refractivity contribution in [3.05, 3.63) is 58.9 Å². The van der Waals surface area contributed by atoms with Crippen LogP contribution in [0, 0.1) is 0 Å². The van der Waals surface area contributed by atoms with Gasteiger partial charge in [-0.1, -0.05) is 29.8 Å². The number of anilines is 1. The fourth-order valence-corrected chi connectivity index (χ4v) is 2.83. The van der Waals surface area contributed by atoms with E-state index >= 15 is 0 Å². The molecule has 122 valence electrons. The van der Waals surface area contributed by atoms with Gasteiger partial charge >= 0.3 is 0 Å². The van der Waals surface area contributed by atoms with Crippen molar-refractivity contribution in [1.29, 1.82) is 0 Å². The maximum atomic E-state index is 12.2. The van der Waals surface area contributed by atoms with Crippen molar-refractivity contribution in [2.75, 3.05) is 11.0 Å². The minimum Gasteiger partial charge on any atom is -0.345 e. The molecule has 8 heteroatoms. The van der Waals surface area contributed by atoms with E-state index in [-0.39, 0.29) is 11.1 Å². The molecule has 0 radical (unpaired) electrons. The van der Waals surface area contributed by atoms with Gasteiger partial charge in [0.25, 0.3) is 5.91 Å². The Morgan fingerprint density at radius 3 is 2.61 bits per heavy atom. The second-order valence-electron chi connectivity index (χ2n) is 5.02. The lowest BCUT2D eigenvalue weighted by molar-refractivity contribution is 0.0940. The summed E-state index contributed by atoms with van der Waals surface area (Å²) in [6.07, 6.45) is 2.52. The normalized spacial score (nSPS) is 12.5. The van der Waals surface area contributed by atoms with Crippen molar-refractivity contribution in [2.45, 2.75) is 13.0 Å². The first-order valence-corrected chi connectivity index (χ1v) is 9.02. The van der Waals surface area contributed by atoms with Gasteiger partial charge in [-0.3, -0.25) is 9.52 Å². The molecule has 2 rings (SSSR count). The van der Waals surface area contributed by atoms with Crippen LogP contribution in [0.5, 0.6) is 0 Å². The molecular weight excluding hydrogens is 338 g/mol. The van der Waals surface area contributed by atoms with Gasteiger partial charge in [-0.05, 0) is 30.7 Å². The molecule has 0 saturated carbocycles. The first-order chi connectivity index (χ1) is 10.8. The van der Waals surface area contributed by atoms with E-state index in [0.29, 0.717) is 16.8 Å². The highest BCUT2D eigenvalue weighted by Gasteiger charge is 2.16. The summed E-state index contributed by atoms with van der Waals surface area (Å²) in [7, 11) is -3.41. The molecule has 6 nitrogen and oxygen atoms in total. The van der Waals surface area contributed by atoms with E-state index in [2.05, 4.69) is 15.0 Å². The van der Waals surface area contributed by atoms with Crippen LogP contribution in [0.15, 0.2) is 42.6 Å². The second kappa shape index (κ2) is 6.97. The quantitative estimate of drug-likeness (QED) is 0.809. The van der Waals surface area contributed by atoms with Crippen LogP contribution in [0.3, 0.4) is 0 Å². The molecule has 0 bridgehead atoms. The van der Waals surface area contributed by atoms with Crippen molar-refractivity contribution in [1.82, 2.24) is 10.3 Å². The van der Waals surface area contributed by atoms with Crippen molar-refractivity contribution < 1.29 is 13.2 Å². The van der Waals surface area contributed by atoms with Crippen LogP contribution in [0.25, 0.3) is 0 Å². The number of carbonyl (C=O) groups is 1. The standard InChI is InChI=1S/C15H16ClN3O3S/c1-10(18-15(20)11-7-8-17-14(16)9-11)12-5-3-4-6-13(12)19-23(2,21)22/h3-10,19H,1-2H3,(H,18,20)/t10-/m1/s1. The van der Waals surface area contributed by atoms with Crippen LogP contribution in [-0.2, 0) is 10.0 Å². The number of rotatable bonds is 5. The summed E-state index contributed by atoms with van der Waals surface area (Å²) in [5.74, 6) is -0.323. The number of carbonyl (C=O) groups excluding carboxylic acids is 1. The average molecular weight is 354 g/mol. The first kappa shape index (κ1) is 17.2. The summed E-state index contributed by atoms with van der Waals surface area (Å²) in [5.41, 5.74) is 1.47. The Balaban J connectivity index is 2.21. The number of aromatic nitrogens is 1. The lowest BCUT2D eigenvalue weighted by atomic mass is 10.1. The predicted molar refractivity (Wildman–Crippen MR) is 90.0 cm³/mol. The van der Waals surface area contributed by atoms with E-state index in [1.54, 1.807) is 37.3 Å². The number of halogens is 1. The van der Waals surface area contributed by atoms with Gasteiger partial charge in [0.15, 0.2) is 0 Å². The minimum absolute atomic E-state index is 0.226. The van der Waals surface area contributed by atoms with Gasteiger partial charge < -0.3 is 5.32 Å². The molecule has 2 aromatic rings. The van der Waals surface area contributed by atoms with Gasteiger partial charge in [-0.15, -0.1) is 0 Å². The zero-order valence-corrected chi connectivity index (χ0v) is 14.1. The van der Waals surface area contributed by atoms with Gasteiger partial charge in [0.1, 0.15) is 5.15 Å². The van der Waals surface area contributed by atoms with Crippen LogP contribution in [0.4, 0.5) is 5.69 Å². The zero-order valence-electron chi connectivity index (χ0n) is 12.6. The van der Waals surface area contributed by atoms with Gasteiger partial charge in [-0.2, -0.15) is 0 Å². The van der Waals surface area contributed by atoms with Crippen LogP contribution >= 0.6 is 11.6 Å².